The molecule has 1 heterocycles. The van der Waals surface area contributed by atoms with E-state index in [0.717, 1.165) is 72.4 Å². The highest BCUT2D eigenvalue weighted by Gasteiger charge is 2.21. The molecular formula is C62H41NO. The molecule has 0 aliphatic rings. The van der Waals surface area contributed by atoms with Gasteiger partial charge in [-0.3, -0.25) is 0 Å². The predicted octanol–water partition coefficient (Wildman–Crippen LogP) is 17.7. The first-order chi connectivity index (χ1) is 31.7. The van der Waals surface area contributed by atoms with Crippen LogP contribution in [0.5, 0.6) is 0 Å². The van der Waals surface area contributed by atoms with Gasteiger partial charge in [0.25, 0.3) is 0 Å². The molecule has 0 saturated heterocycles. The smallest absolute Gasteiger partial charge is 0.143 e. The molecule has 0 radical (unpaired) electrons. The first kappa shape index (κ1) is 37.3. The van der Waals surface area contributed by atoms with Crippen LogP contribution in [0.4, 0.5) is 17.1 Å². The molecule has 0 atom stereocenters. The molecule has 1 aromatic heterocycles. The largest absolute Gasteiger partial charge is 0.455 e. The van der Waals surface area contributed by atoms with E-state index in [9.17, 15) is 0 Å². The average Bonchev–Trinajstić information content (AvgIpc) is 3.76. The van der Waals surface area contributed by atoms with Crippen LogP contribution in [-0.2, 0) is 0 Å². The molecule has 0 saturated carbocycles. The maximum Gasteiger partial charge on any atom is 0.143 e. The van der Waals surface area contributed by atoms with E-state index in [1.807, 2.05) is 12.1 Å². The molecule has 12 aromatic rings. The highest BCUT2D eigenvalue weighted by atomic mass is 16.3. The Bertz CT molecular complexity index is 3650. The Morgan fingerprint density at radius 3 is 1.67 bits per heavy atom. The van der Waals surface area contributed by atoms with Crippen LogP contribution < -0.4 is 4.90 Å². The average molecular weight is 816 g/mol. The number of para-hydroxylation sites is 2. The highest BCUT2D eigenvalue weighted by molar-refractivity contribution is 6.10. The second kappa shape index (κ2) is 15.8. The Kier molecular flexibility index (Phi) is 9.20. The summed E-state index contributed by atoms with van der Waals surface area (Å²) in [6.07, 6.45) is 0. The van der Waals surface area contributed by atoms with Crippen molar-refractivity contribution >= 4 is 60.5 Å². The Labute approximate surface area is 372 Å². The summed E-state index contributed by atoms with van der Waals surface area (Å²) in [5, 5.41) is 7.20. The van der Waals surface area contributed by atoms with E-state index in [4.69, 9.17) is 4.42 Å². The third-order valence-electron chi connectivity index (χ3n) is 12.7. The molecule has 2 heteroatoms. The summed E-state index contributed by atoms with van der Waals surface area (Å²) in [6.45, 7) is 0. The van der Waals surface area contributed by atoms with Crippen molar-refractivity contribution in [1.29, 1.82) is 0 Å². The second-order valence-electron chi connectivity index (χ2n) is 16.5. The first-order valence-electron chi connectivity index (χ1n) is 21.9. The molecule has 11 aromatic carbocycles. The maximum absolute atomic E-state index is 6.57. The van der Waals surface area contributed by atoms with Gasteiger partial charge in [-0.05, 0) is 109 Å². The fourth-order valence-electron chi connectivity index (χ4n) is 9.46. The third-order valence-corrected chi connectivity index (χ3v) is 12.7. The minimum Gasteiger partial charge on any atom is -0.455 e. The van der Waals surface area contributed by atoms with Gasteiger partial charge in [-0.1, -0.05) is 206 Å². The second-order valence-corrected chi connectivity index (χ2v) is 16.5. The molecule has 0 aliphatic heterocycles. The molecule has 0 fully saturated rings. The van der Waals surface area contributed by atoms with Crippen molar-refractivity contribution in [3.05, 3.63) is 249 Å². The summed E-state index contributed by atoms with van der Waals surface area (Å²) in [4.78, 5) is 2.42. The lowest BCUT2D eigenvalue weighted by Crippen LogP contribution is -2.11. The van der Waals surface area contributed by atoms with Gasteiger partial charge in [0.2, 0.25) is 0 Å². The van der Waals surface area contributed by atoms with Crippen LogP contribution in [0.1, 0.15) is 0 Å². The standard InChI is InChI=1S/C62H41NO/c1-2-14-46(15-3-1)56-38-35-50(49-32-29-42-13-4-5-17-48(42)39-49)41-60(56)63(53-20-10-19-51(40-53)57-24-12-25-59-58-22-8-9-26-61(58)64-62(57)59)52-36-33-44(34-37-52)43-27-30-47(31-28-43)55-23-11-18-45-16-6-7-21-54(45)55/h1-41H. The summed E-state index contributed by atoms with van der Waals surface area (Å²) in [5.41, 5.74) is 16.5. The molecule has 64 heavy (non-hydrogen) atoms. The molecule has 300 valence electrons. The van der Waals surface area contributed by atoms with Crippen molar-refractivity contribution in [2.75, 3.05) is 4.90 Å². The fraction of sp³-hybridized carbons (Fsp3) is 0. The molecule has 2 nitrogen and oxygen atoms in total. The van der Waals surface area contributed by atoms with E-state index >= 15 is 0 Å². The monoisotopic (exact) mass is 815 g/mol. The molecule has 0 spiro atoms. The summed E-state index contributed by atoms with van der Waals surface area (Å²) < 4.78 is 6.57. The van der Waals surface area contributed by atoms with E-state index in [1.54, 1.807) is 0 Å². The normalized spacial score (nSPS) is 11.4. The Hall–Kier alpha value is -8.46. The van der Waals surface area contributed by atoms with Crippen LogP contribution in [0.3, 0.4) is 0 Å². The Morgan fingerprint density at radius 1 is 0.266 bits per heavy atom. The minimum absolute atomic E-state index is 0.893. The molecule has 0 bridgehead atoms. The highest BCUT2D eigenvalue weighted by Crippen LogP contribution is 2.45. The summed E-state index contributed by atoms with van der Waals surface area (Å²) in [7, 11) is 0. The van der Waals surface area contributed by atoms with Crippen molar-refractivity contribution in [3.8, 4) is 55.6 Å². The van der Waals surface area contributed by atoms with Gasteiger partial charge in [0, 0.05) is 33.3 Å². The number of benzene rings is 11. The zero-order valence-corrected chi connectivity index (χ0v) is 35.0. The molecule has 0 aliphatic carbocycles. The summed E-state index contributed by atoms with van der Waals surface area (Å²) >= 11 is 0. The van der Waals surface area contributed by atoms with Crippen LogP contribution in [0.15, 0.2) is 253 Å². The number of hydrogen-bond acceptors (Lipinski definition) is 2. The van der Waals surface area contributed by atoms with Crippen LogP contribution in [0, 0.1) is 0 Å². The molecule has 0 unspecified atom stereocenters. The van der Waals surface area contributed by atoms with Crippen LogP contribution in [-0.4, -0.2) is 0 Å². The minimum atomic E-state index is 0.893. The number of hydrogen-bond donors (Lipinski definition) is 0. The SMILES string of the molecule is c1ccc(-c2ccc(-c3ccc4ccccc4c3)cc2N(c2ccc(-c3ccc(-c4cccc5ccccc45)cc3)cc2)c2cccc(-c3cccc4c3oc3ccccc34)c2)cc1. The van der Waals surface area contributed by atoms with Gasteiger partial charge in [0.15, 0.2) is 0 Å². The van der Waals surface area contributed by atoms with Gasteiger partial charge in [-0.25, -0.2) is 0 Å². The van der Waals surface area contributed by atoms with Crippen LogP contribution >= 0.6 is 0 Å². The number of anilines is 3. The van der Waals surface area contributed by atoms with Crippen molar-refractivity contribution in [2.45, 2.75) is 0 Å². The van der Waals surface area contributed by atoms with Gasteiger partial charge in [0.05, 0.1) is 5.69 Å². The van der Waals surface area contributed by atoms with Gasteiger partial charge in [0.1, 0.15) is 11.2 Å². The summed E-state index contributed by atoms with van der Waals surface area (Å²) in [6, 6.07) is 89.8. The van der Waals surface area contributed by atoms with Crippen molar-refractivity contribution in [2.24, 2.45) is 0 Å². The van der Waals surface area contributed by atoms with E-state index in [2.05, 4.69) is 241 Å². The van der Waals surface area contributed by atoms with Crippen LogP contribution in [0.25, 0.3) is 99.1 Å². The van der Waals surface area contributed by atoms with Crippen molar-refractivity contribution in [3.63, 3.8) is 0 Å². The lowest BCUT2D eigenvalue weighted by molar-refractivity contribution is 0.670. The van der Waals surface area contributed by atoms with E-state index in [0.29, 0.717) is 0 Å². The van der Waals surface area contributed by atoms with Crippen LogP contribution in [0.2, 0.25) is 0 Å². The van der Waals surface area contributed by atoms with E-state index < -0.39 is 0 Å². The molecule has 0 N–H and O–H groups in total. The van der Waals surface area contributed by atoms with Crippen molar-refractivity contribution < 1.29 is 4.42 Å². The van der Waals surface area contributed by atoms with Crippen molar-refractivity contribution in [1.82, 2.24) is 0 Å². The fourth-order valence-corrected chi connectivity index (χ4v) is 9.46. The van der Waals surface area contributed by atoms with Gasteiger partial charge >= 0.3 is 0 Å². The topological polar surface area (TPSA) is 16.4 Å². The third kappa shape index (κ3) is 6.70. The summed E-state index contributed by atoms with van der Waals surface area (Å²) in [5.74, 6) is 0. The zero-order valence-electron chi connectivity index (χ0n) is 35.0. The molecular weight excluding hydrogens is 775 g/mol. The number of rotatable bonds is 8. The molecule has 12 rings (SSSR count). The van der Waals surface area contributed by atoms with Gasteiger partial charge in [-0.15, -0.1) is 0 Å². The lowest BCUT2D eigenvalue weighted by Gasteiger charge is -2.29. The predicted molar refractivity (Wildman–Crippen MR) is 271 cm³/mol. The van der Waals surface area contributed by atoms with Gasteiger partial charge < -0.3 is 9.32 Å². The van der Waals surface area contributed by atoms with E-state index in [1.165, 1.54) is 43.8 Å². The quantitative estimate of drug-likeness (QED) is 0.152. The number of furan rings is 1. The first-order valence-corrected chi connectivity index (χ1v) is 21.9. The zero-order chi connectivity index (χ0) is 42.4. The number of fused-ring (bicyclic) bond motifs is 5. The maximum atomic E-state index is 6.57. The van der Waals surface area contributed by atoms with Gasteiger partial charge in [-0.2, -0.15) is 0 Å². The van der Waals surface area contributed by atoms with E-state index in [-0.39, 0.29) is 0 Å². The Morgan fingerprint density at radius 2 is 0.828 bits per heavy atom. The number of nitrogens with zero attached hydrogens (tertiary/aromatic N) is 1. The lowest BCUT2D eigenvalue weighted by atomic mass is 9.95. The Balaban J connectivity index is 1.01. The molecule has 0 amide bonds.